The third kappa shape index (κ3) is 3.46. The van der Waals surface area contributed by atoms with Gasteiger partial charge in [-0.2, -0.15) is 13.2 Å². The Kier molecular flexibility index (Phi) is 5.63. The molecule has 9 heteroatoms. The van der Waals surface area contributed by atoms with E-state index in [4.69, 9.17) is 23.2 Å². The molecule has 1 N–H and O–H groups in total. The van der Waals surface area contributed by atoms with Crippen molar-refractivity contribution in [3.63, 3.8) is 0 Å². The first-order valence-electron chi connectivity index (χ1n) is 9.93. The van der Waals surface area contributed by atoms with Crippen molar-refractivity contribution in [2.24, 2.45) is 0 Å². The molecule has 1 aliphatic heterocycles. The summed E-state index contributed by atoms with van der Waals surface area (Å²) in [6.07, 6.45) is -5.04. The lowest BCUT2D eigenvalue weighted by atomic mass is 9.80. The van der Waals surface area contributed by atoms with Crippen LogP contribution in [0.2, 0.25) is 10.0 Å². The van der Waals surface area contributed by atoms with E-state index in [-0.39, 0.29) is 16.9 Å². The van der Waals surface area contributed by atoms with Crippen LogP contribution in [0.15, 0.2) is 72.8 Å². The van der Waals surface area contributed by atoms with E-state index in [1.807, 2.05) is 0 Å². The van der Waals surface area contributed by atoms with Gasteiger partial charge in [0.05, 0.1) is 0 Å². The Morgan fingerprint density at radius 3 is 1.79 bits per heavy atom. The molecule has 0 bridgehead atoms. The molecule has 1 saturated heterocycles. The molecule has 2 atom stereocenters. The molecule has 1 aliphatic rings. The predicted molar refractivity (Wildman–Crippen MR) is 123 cm³/mol. The quantitative estimate of drug-likeness (QED) is 0.429. The summed E-state index contributed by atoms with van der Waals surface area (Å²) < 4.78 is 44.8. The third-order valence-corrected chi connectivity index (χ3v) is 6.48. The van der Waals surface area contributed by atoms with Gasteiger partial charge >= 0.3 is 12.2 Å². The van der Waals surface area contributed by atoms with Crippen LogP contribution in [0.1, 0.15) is 18.1 Å². The van der Waals surface area contributed by atoms with Crippen molar-refractivity contribution in [3.05, 3.63) is 94.0 Å². The highest BCUT2D eigenvalue weighted by atomic mass is 35.5. The first-order chi connectivity index (χ1) is 15.4. The van der Waals surface area contributed by atoms with Gasteiger partial charge in [-0.1, -0.05) is 53.0 Å². The van der Waals surface area contributed by atoms with E-state index in [2.05, 4.69) is 0 Å². The van der Waals surface area contributed by atoms with Gasteiger partial charge in [0, 0.05) is 27.0 Å². The summed E-state index contributed by atoms with van der Waals surface area (Å²) in [5.41, 5.74) is -5.35. The molecule has 3 aromatic carbocycles. The number of aliphatic hydroxyl groups is 1. The molecule has 4 nitrogen and oxygen atoms in total. The lowest BCUT2D eigenvalue weighted by molar-refractivity contribution is -0.227. The van der Waals surface area contributed by atoms with E-state index >= 15 is 0 Å². The molecule has 2 amide bonds. The molecule has 0 aromatic heterocycles. The smallest absolute Gasteiger partial charge is 0.364 e. The maximum atomic E-state index is 14.9. The number of alkyl halides is 3. The molecular formula is C24H19Cl2F3N2O2. The second kappa shape index (κ2) is 7.94. The van der Waals surface area contributed by atoms with Gasteiger partial charge in [0.2, 0.25) is 5.72 Å². The zero-order valence-corrected chi connectivity index (χ0v) is 19.1. The first kappa shape index (κ1) is 23.4. The molecule has 1 heterocycles. The van der Waals surface area contributed by atoms with Gasteiger partial charge in [0.15, 0.2) is 5.54 Å². The third-order valence-electron chi connectivity index (χ3n) is 5.97. The molecule has 0 spiro atoms. The number of benzene rings is 3. The van der Waals surface area contributed by atoms with Crippen molar-refractivity contribution in [2.75, 3.05) is 9.80 Å². The Labute approximate surface area is 198 Å². The number of anilines is 2. The molecule has 0 saturated carbocycles. The summed E-state index contributed by atoms with van der Waals surface area (Å²) in [5.74, 6) is 0. The topological polar surface area (TPSA) is 43.8 Å². The average molecular weight is 495 g/mol. The minimum absolute atomic E-state index is 0.0559. The van der Waals surface area contributed by atoms with Crippen molar-refractivity contribution in [3.8, 4) is 0 Å². The summed E-state index contributed by atoms with van der Waals surface area (Å²) in [5, 5.41) is 12.7. The number of urea groups is 1. The zero-order chi connectivity index (χ0) is 24.2. The number of nitrogens with zero attached hydrogens (tertiary/aromatic N) is 2. The van der Waals surface area contributed by atoms with Gasteiger partial charge in [-0.3, -0.25) is 9.80 Å². The molecule has 0 radical (unpaired) electrons. The van der Waals surface area contributed by atoms with Crippen molar-refractivity contribution in [2.45, 2.75) is 31.3 Å². The molecular weight excluding hydrogens is 476 g/mol. The molecule has 2 unspecified atom stereocenters. The van der Waals surface area contributed by atoms with Gasteiger partial charge in [-0.15, -0.1) is 0 Å². The number of halogens is 5. The molecule has 3 aromatic rings. The fourth-order valence-electron chi connectivity index (χ4n) is 4.25. The second-order valence-corrected chi connectivity index (χ2v) is 8.89. The summed E-state index contributed by atoms with van der Waals surface area (Å²) >= 11 is 11.9. The summed E-state index contributed by atoms with van der Waals surface area (Å²) in [6.45, 7) is 2.51. The van der Waals surface area contributed by atoms with Crippen LogP contribution < -0.4 is 9.80 Å². The Bertz CT molecular complexity index is 1200. The Morgan fingerprint density at radius 2 is 1.33 bits per heavy atom. The molecule has 4 rings (SSSR count). The van der Waals surface area contributed by atoms with Crippen LogP contribution >= 0.6 is 23.2 Å². The van der Waals surface area contributed by atoms with Gasteiger partial charge in [0.25, 0.3) is 0 Å². The van der Waals surface area contributed by atoms with Crippen LogP contribution in [0.4, 0.5) is 29.3 Å². The van der Waals surface area contributed by atoms with E-state index in [1.165, 1.54) is 66.7 Å². The van der Waals surface area contributed by atoms with Gasteiger partial charge in [-0.05, 0) is 62.4 Å². The number of aryl methyl sites for hydroxylation is 1. The number of hydrogen-bond acceptors (Lipinski definition) is 2. The van der Waals surface area contributed by atoms with Gasteiger partial charge < -0.3 is 5.11 Å². The minimum atomic E-state index is -5.04. The van der Waals surface area contributed by atoms with Crippen LogP contribution in [-0.4, -0.2) is 22.9 Å². The number of carbonyl (C=O) groups excluding carboxylic acids is 1. The first-order valence-corrected chi connectivity index (χ1v) is 10.7. The lowest BCUT2D eigenvalue weighted by Crippen LogP contribution is -2.66. The molecule has 172 valence electrons. The maximum absolute atomic E-state index is 14.9. The lowest BCUT2D eigenvalue weighted by Gasteiger charge is -2.45. The number of hydrogen-bond donors (Lipinski definition) is 1. The van der Waals surface area contributed by atoms with Crippen molar-refractivity contribution >= 4 is 40.6 Å². The largest absolute Gasteiger partial charge is 0.416 e. The monoisotopic (exact) mass is 494 g/mol. The molecule has 33 heavy (non-hydrogen) atoms. The number of rotatable bonds is 3. The van der Waals surface area contributed by atoms with Crippen molar-refractivity contribution in [1.82, 2.24) is 0 Å². The highest BCUT2D eigenvalue weighted by Gasteiger charge is 2.77. The average Bonchev–Trinajstić information content (AvgIpc) is 2.94. The highest BCUT2D eigenvalue weighted by Crippen LogP contribution is 2.57. The fourth-order valence-corrected chi connectivity index (χ4v) is 4.50. The van der Waals surface area contributed by atoms with Crippen LogP contribution in [0, 0.1) is 6.92 Å². The second-order valence-electron chi connectivity index (χ2n) is 8.02. The highest BCUT2D eigenvalue weighted by molar-refractivity contribution is 6.31. The van der Waals surface area contributed by atoms with Crippen molar-refractivity contribution < 1.29 is 23.1 Å². The number of carbonyl (C=O) groups is 1. The van der Waals surface area contributed by atoms with E-state index in [9.17, 15) is 23.1 Å². The zero-order valence-electron chi connectivity index (χ0n) is 17.6. The van der Waals surface area contributed by atoms with E-state index in [0.29, 0.717) is 20.5 Å². The van der Waals surface area contributed by atoms with Crippen LogP contribution in [0.3, 0.4) is 0 Å². The summed E-state index contributed by atoms with van der Waals surface area (Å²) in [4.78, 5) is 15.1. The van der Waals surface area contributed by atoms with E-state index in [0.717, 1.165) is 11.8 Å². The summed E-state index contributed by atoms with van der Waals surface area (Å²) in [6, 6.07) is 16.0. The standard InChI is InChI=1S/C24H19Cl2F3N2O2/c1-15-4-3-5-16(14-15)23(33)22(2,24(27,28)29)30(19-10-6-17(25)7-11-19)21(32)31(23)20-12-8-18(26)9-13-20/h3-14,33H,1-2H3. The maximum Gasteiger partial charge on any atom is 0.416 e. The van der Waals surface area contributed by atoms with Crippen LogP contribution in [-0.2, 0) is 5.72 Å². The molecule has 1 fully saturated rings. The van der Waals surface area contributed by atoms with E-state index in [1.54, 1.807) is 13.0 Å². The minimum Gasteiger partial charge on any atom is -0.364 e. The van der Waals surface area contributed by atoms with Gasteiger partial charge in [0.1, 0.15) is 0 Å². The molecule has 0 aliphatic carbocycles. The van der Waals surface area contributed by atoms with E-state index < -0.39 is 23.5 Å². The Morgan fingerprint density at radius 1 is 0.848 bits per heavy atom. The fraction of sp³-hybridized carbons (Fsp3) is 0.208. The van der Waals surface area contributed by atoms with Crippen LogP contribution in [0.25, 0.3) is 0 Å². The Hall–Kier alpha value is -2.74. The number of amides is 2. The SMILES string of the molecule is Cc1cccc(C2(O)N(c3ccc(Cl)cc3)C(=O)N(c3ccc(Cl)cc3)C2(C)C(F)(F)F)c1. The normalized spacial score (nSPS) is 23.3. The Balaban J connectivity index is 2.08. The van der Waals surface area contributed by atoms with Gasteiger partial charge in [-0.25, -0.2) is 4.79 Å². The van der Waals surface area contributed by atoms with Crippen molar-refractivity contribution in [1.29, 1.82) is 0 Å². The van der Waals surface area contributed by atoms with Crippen LogP contribution in [0.5, 0.6) is 0 Å². The predicted octanol–water partition coefficient (Wildman–Crippen LogP) is 6.91. The summed E-state index contributed by atoms with van der Waals surface area (Å²) in [7, 11) is 0.